The highest BCUT2D eigenvalue weighted by molar-refractivity contribution is 5.98. The van der Waals surface area contributed by atoms with Crippen molar-refractivity contribution in [2.24, 2.45) is 0 Å². The van der Waals surface area contributed by atoms with Gasteiger partial charge in [0.2, 0.25) is 0 Å². The van der Waals surface area contributed by atoms with E-state index in [1.54, 1.807) is 18.3 Å². The molecule has 1 aliphatic heterocycles. The molecule has 3 heterocycles. The first-order valence-electron chi connectivity index (χ1n) is 8.22. The summed E-state index contributed by atoms with van der Waals surface area (Å²) in [4.78, 5) is 23.4. The first-order chi connectivity index (χ1) is 12.0. The molecular formula is C18H19N5O2. The number of nitrogens with zero attached hydrogens (tertiary/aromatic N) is 5. The van der Waals surface area contributed by atoms with E-state index in [2.05, 4.69) is 15.1 Å². The monoisotopic (exact) mass is 337 g/mol. The van der Waals surface area contributed by atoms with Crippen LogP contribution in [0.1, 0.15) is 47.2 Å². The molecule has 0 saturated heterocycles. The zero-order valence-corrected chi connectivity index (χ0v) is 14.6. The summed E-state index contributed by atoms with van der Waals surface area (Å²) in [7, 11) is 1.79. The van der Waals surface area contributed by atoms with Gasteiger partial charge >= 0.3 is 0 Å². The van der Waals surface area contributed by atoms with Gasteiger partial charge in [-0.3, -0.25) is 9.36 Å². The third kappa shape index (κ3) is 2.43. The maximum atomic E-state index is 12.7. The maximum Gasteiger partial charge on any atom is 0.278 e. The van der Waals surface area contributed by atoms with Gasteiger partial charge < -0.3 is 9.42 Å². The van der Waals surface area contributed by atoms with Crippen molar-refractivity contribution in [3.05, 3.63) is 47.2 Å². The van der Waals surface area contributed by atoms with E-state index < -0.39 is 0 Å². The van der Waals surface area contributed by atoms with Crippen molar-refractivity contribution in [2.45, 2.75) is 33.2 Å². The number of carbonyl (C=O) groups excluding carboxylic acids is 1. The van der Waals surface area contributed by atoms with Gasteiger partial charge in [-0.15, -0.1) is 0 Å². The smallest absolute Gasteiger partial charge is 0.278 e. The average Bonchev–Trinajstić information content (AvgIpc) is 3.19. The van der Waals surface area contributed by atoms with Crippen LogP contribution in [-0.4, -0.2) is 37.5 Å². The number of hydrogen-bond acceptors (Lipinski definition) is 5. The van der Waals surface area contributed by atoms with Crippen LogP contribution in [0.5, 0.6) is 0 Å². The van der Waals surface area contributed by atoms with E-state index >= 15 is 0 Å². The first kappa shape index (κ1) is 15.6. The summed E-state index contributed by atoms with van der Waals surface area (Å²) in [6.07, 6.45) is 1.71. The number of benzene rings is 1. The van der Waals surface area contributed by atoms with Crippen LogP contribution in [0.25, 0.3) is 17.3 Å². The van der Waals surface area contributed by atoms with Crippen LogP contribution < -0.4 is 0 Å². The lowest BCUT2D eigenvalue weighted by atomic mass is 10.1. The van der Waals surface area contributed by atoms with Crippen LogP contribution >= 0.6 is 0 Å². The highest BCUT2D eigenvalue weighted by atomic mass is 16.5. The first-order valence-corrected chi connectivity index (χ1v) is 8.22. The molecule has 1 amide bonds. The minimum Gasteiger partial charge on any atom is -0.336 e. The fraction of sp³-hybridized carbons (Fsp3) is 0.333. The van der Waals surface area contributed by atoms with Crippen molar-refractivity contribution < 1.29 is 9.32 Å². The molecule has 0 N–H and O–H groups in total. The third-order valence-corrected chi connectivity index (χ3v) is 4.40. The summed E-state index contributed by atoms with van der Waals surface area (Å²) in [5.41, 5.74) is 4.00. The summed E-state index contributed by atoms with van der Waals surface area (Å²) < 4.78 is 7.34. The van der Waals surface area contributed by atoms with Gasteiger partial charge in [-0.2, -0.15) is 4.98 Å². The van der Waals surface area contributed by atoms with Crippen molar-refractivity contribution in [1.82, 2.24) is 24.6 Å². The van der Waals surface area contributed by atoms with Gasteiger partial charge in [0.25, 0.3) is 11.8 Å². The van der Waals surface area contributed by atoms with Crippen LogP contribution in [0.3, 0.4) is 0 Å². The molecule has 0 fully saturated rings. The Morgan fingerprint density at radius 3 is 2.80 bits per heavy atom. The summed E-state index contributed by atoms with van der Waals surface area (Å²) in [6, 6.07) is 5.85. The molecule has 1 aromatic carbocycles. The molecule has 0 atom stereocenters. The summed E-state index contributed by atoms with van der Waals surface area (Å²) in [5.74, 6) is 1.19. The molecule has 0 aliphatic carbocycles. The van der Waals surface area contributed by atoms with Crippen molar-refractivity contribution in [1.29, 1.82) is 0 Å². The third-order valence-electron chi connectivity index (χ3n) is 4.40. The molecule has 4 rings (SSSR count). The Morgan fingerprint density at radius 2 is 2.08 bits per heavy atom. The average molecular weight is 337 g/mol. The molecule has 0 saturated carbocycles. The predicted molar refractivity (Wildman–Crippen MR) is 91.5 cm³/mol. The normalized spacial score (nSPS) is 13.8. The van der Waals surface area contributed by atoms with E-state index in [9.17, 15) is 4.79 Å². The second kappa shape index (κ2) is 5.54. The number of carbonyl (C=O) groups is 1. The Morgan fingerprint density at radius 1 is 1.28 bits per heavy atom. The van der Waals surface area contributed by atoms with Gasteiger partial charge in [-0.05, 0) is 19.1 Å². The van der Waals surface area contributed by atoms with Crippen molar-refractivity contribution >= 4 is 5.91 Å². The zero-order chi connectivity index (χ0) is 17.7. The number of fused-ring (bicyclic) bond motifs is 3. The largest absolute Gasteiger partial charge is 0.336 e. The van der Waals surface area contributed by atoms with Crippen LogP contribution in [0.15, 0.2) is 29.0 Å². The van der Waals surface area contributed by atoms with Crippen LogP contribution in [0.4, 0.5) is 0 Å². The summed E-state index contributed by atoms with van der Waals surface area (Å²) >= 11 is 0. The van der Waals surface area contributed by atoms with E-state index in [-0.39, 0.29) is 11.8 Å². The van der Waals surface area contributed by atoms with Gasteiger partial charge in [0.1, 0.15) is 6.33 Å². The number of amides is 1. The van der Waals surface area contributed by atoms with Gasteiger partial charge in [0.05, 0.1) is 23.5 Å². The van der Waals surface area contributed by atoms with Gasteiger partial charge in [0, 0.05) is 13.0 Å². The topological polar surface area (TPSA) is 77.1 Å². The Bertz CT molecular complexity index is 970. The molecule has 128 valence electrons. The van der Waals surface area contributed by atoms with E-state index in [1.165, 1.54) is 0 Å². The number of aryl methyl sites for hydroxylation is 1. The highest BCUT2D eigenvalue weighted by Crippen LogP contribution is 2.30. The van der Waals surface area contributed by atoms with Crippen molar-refractivity contribution in [3.8, 4) is 17.3 Å². The van der Waals surface area contributed by atoms with Crippen LogP contribution in [0, 0.1) is 6.92 Å². The molecule has 7 heteroatoms. The van der Waals surface area contributed by atoms with Crippen LogP contribution in [0.2, 0.25) is 0 Å². The predicted octanol–water partition coefficient (Wildman–Crippen LogP) is 2.94. The Kier molecular flexibility index (Phi) is 3.45. The van der Waals surface area contributed by atoms with E-state index in [1.807, 2.05) is 43.5 Å². The van der Waals surface area contributed by atoms with E-state index in [4.69, 9.17) is 4.52 Å². The maximum absolute atomic E-state index is 12.7. The Balaban J connectivity index is 1.90. The number of imidazole rings is 1. The van der Waals surface area contributed by atoms with Gasteiger partial charge in [-0.1, -0.05) is 30.6 Å². The lowest BCUT2D eigenvalue weighted by molar-refractivity contribution is 0.0788. The highest BCUT2D eigenvalue weighted by Gasteiger charge is 2.28. The fourth-order valence-corrected chi connectivity index (χ4v) is 3.01. The quantitative estimate of drug-likeness (QED) is 0.718. The molecule has 1 aliphatic rings. The van der Waals surface area contributed by atoms with Gasteiger partial charge in [0.15, 0.2) is 11.5 Å². The molecule has 0 unspecified atom stereocenters. The molecule has 3 aromatic rings. The molecule has 25 heavy (non-hydrogen) atoms. The zero-order valence-electron chi connectivity index (χ0n) is 14.6. The molecular weight excluding hydrogens is 318 g/mol. The standard InChI is InChI=1S/C18H19N5O2/c1-10(2)16-20-17(25-21-16)15-14-8-22(4)18(24)12-7-11(3)5-6-13(12)23(14)9-19-15/h5-7,9-10H,8H2,1-4H3. The molecule has 2 aromatic heterocycles. The van der Waals surface area contributed by atoms with E-state index in [0.29, 0.717) is 29.5 Å². The SMILES string of the molecule is Cc1ccc2c(c1)C(=O)N(C)Cc1c(-c3nc(C(C)C)no3)ncn1-2. The minimum atomic E-state index is -0.0123. The fourth-order valence-electron chi connectivity index (χ4n) is 3.01. The second-order valence-corrected chi connectivity index (χ2v) is 6.70. The lowest BCUT2D eigenvalue weighted by Crippen LogP contribution is -2.25. The Hall–Kier alpha value is -2.96. The lowest BCUT2D eigenvalue weighted by Gasteiger charge is -2.14. The second-order valence-electron chi connectivity index (χ2n) is 6.70. The van der Waals surface area contributed by atoms with Crippen LogP contribution in [-0.2, 0) is 6.54 Å². The number of rotatable bonds is 2. The van der Waals surface area contributed by atoms with Crippen molar-refractivity contribution in [2.75, 3.05) is 7.05 Å². The molecule has 0 bridgehead atoms. The molecule has 0 radical (unpaired) electrons. The summed E-state index contributed by atoms with van der Waals surface area (Å²) in [6.45, 7) is 6.41. The Labute approximate surface area is 145 Å². The molecule has 0 spiro atoms. The van der Waals surface area contributed by atoms with Gasteiger partial charge in [-0.25, -0.2) is 4.98 Å². The number of aromatic nitrogens is 4. The number of hydrogen-bond donors (Lipinski definition) is 0. The summed E-state index contributed by atoms with van der Waals surface area (Å²) in [5, 5.41) is 4.02. The van der Waals surface area contributed by atoms with E-state index in [0.717, 1.165) is 16.9 Å². The minimum absolute atomic E-state index is 0.0123. The molecule has 7 nitrogen and oxygen atoms in total. The van der Waals surface area contributed by atoms with Crippen molar-refractivity contribution in [3.63, 3.8) is 0 Å².